The number of ether oxygens (including phenoxy) is 1. The van der Waals surface area contributed by atoms with Gasteiger partial charge in [-0.25, -0.2) is 0 Å². The average Bonchev–Trinajstić information content (AvgIpc) is 3.32. The molecule has 0 unspecified atom stereocenters. The van der Waals surface area contributed by atoms with Gasteiger partial charge in [0, 0.05) is 43.6 Å². The maximum atomic E-state index is 12.0. The Bertz CT molecular complexity index is 982. The van der Waals surface area contributed by atoms with Gasteiger partial charge in [0.05, 0.1) is 25.0 Å². The molecule has 8 nitrogen and oxygen atoms in total. The third-order valence-electron chi connectivity index (χ3n) is 10.7. The summed E-state index contributed by atoms with van der Waals surface area (Å²) in [5.74, 6) is 2.45. The Balaban J connectivity index is 0.000000609. The van der Waals surface area contributed by atoms with Gasteiger partial charge in [-0.3, -0.25) is 14.4 Å². The van der Waals surface area contributed by atoms with Crippen molar-refractivity contribution in [3.05, 3.63) is 12.7 Å². The topological polar surface area (TPSA) is 113 Å². The Kier molecular flexibility index (Phi) is 19.7. The highest BCUT2D eigenvalue weighted by Gasteiger charge is 2.55. The van der Waals surface area contributed by atoms with Crippen molar-refractivity contribution in [2.45, 2.75) is 125 Å². The number of carbonyl (C=O) groups excluding carboxylic acids is 3. The number of thioether (sulfide) groups is 1. The molecule has 3 N–H and O–H groups in total. The number of likely N-dealkylation sites (tertiary alicyclic amines) is 1. The van der Waals surface area contributed by atoms with Gasteiger partial charge in [0.15, 0.2) is 0 Å². The Hall–Kier alpha value is -1.42. The smallest absolute Gasteiger partial charge is 0.315 e. The van der Waals surface area contributed by atoms with Gasteiger partial charge in [-0.15, -0.1) is 18.3 Å². The van der Waals surface area contributed by atoms with Crippen LogP contribution in [0.15, 0.2) is 12.7 Å². The number of nitrogens with two attached hydrogens (primary N) is 1. The fourth-order valence-corrected chi connectivity index (χ4v) is 8.12. The number of aliphatic hydroxyl groups excluding tert-OH is 1. The van der Waals surface area contributed by atoms with Gasteiger partial charge in [-0.05, 0) is 74.3 Å². The monoisotopic (exact) mass is 684 g/mol. The van der Waals surface area contributed by atoms with E-state index in [1.54, 1.807) is 31.9 Å². The number of fused-ring (bicyclic) bond motifs is 1. The zero-order chi connectivity index (χ0) is 36.9. The lowest BCUT2D eigenvalue weighted by atomic mass is 9.54. The van der Waals surface area contributed by atoms with Crippen LogP contribution in [-0.2, 0) is 19.1 Å². The lowest BCUT2D eigenvalue weighted by molar-refractivity contribution is -0.137. The van der Waals surface area contributed by atoms with Crippen molar-refractivity contribution in [1.82, 2.24) is 9.80 Å². The summed E-state index contributed by atoms with van der Waals surface area (Å²) < 4.78 is 4.59. The molecule has 0 spiro atoms. The molecule has 1 amide bonds. The number of likely N-dealkylation sites (N-methyl/N-ethyl adjacent to an activating group) is 1. The standard InChI is InChI=1S/C13H22O.C9H17NO2S.C9H18O.C7H16N2O/c1-9-5-7-13(4)8-6-10(14)11(13)12(9,2)3;1-10-5-3-4-8(6-10)13-7-9(11)12-2;1-6-9(4,5)8(10)7(2)3;1-5(2)6(8)7(10)9(3)4/h9,11H,5-8H2,1-4H3;8H,3-7H2,1-2H3;6-8,10H,1H2,2-5H3;5-6H,8H2,1-4H3/t9-,11+,13+;2*8-;6-/m1001/s1. The predicted molar refractivity (Wildman–Crippen MR) is 199 cm³/mol. The van der Waals surface area contributed by atoms with Crippen molar-refractivity contribution < 1.29 is 24.2 Å². The minimum atomic E-state index is -0.352. The molecule has 6 atom stereocenters. The number of carbonyl (C=O) groups is 3. The first-order valence-electron chi connectivity index (χ1n) is 17.7. The van der Waals surface area contributed by atoms with Crippen LogP contribution >= 0.6 is 11.8 Å². The summed E-state index contributed by atoms with van der Waals surface area (Å²) in [7, 11) is 7.00. The molecule has 2 aliphatic carbocycles. The number of hydrogen-bond donors (Lipinski definition) is 2. The molecule has 0 bridgehead atoms. The number of esters is 1. The van der Waals surface area contributed by atoms with E-state index in [1.165, 1.54) is 44.2 Å². The summed E-state index contributed by atoms with van der Waals surface area (Å²) >= 11 is 1.72. The molecular weight excluding hydrogens is 611 g/mol. The highest BCUT2D eigenvalue weighted by molar-refractivity contribution is 8.00. The fourth-order valence-electron chi connectivity index (χ4n) is 6.93. The molecule has 1 heterocycles. The molecule has 0 aromatic heterocycles. The van der Waals surface area contributed by atoms with Crippen LogP contribution in [0.2, 0.25) is 0 Å². The highest BCUT2D eigenvalue weighted by atomic mass is 32.2. The second kappa shape index (κ2) is 20.3. The summed E-state index contributed by atoms with van der Waals surface area (Å²) in [5.41, 5.74) is 5.96. The normalized spacial score (nSPS) is 26.7. The van der Waals surface area contributed by atoms with Crippen LogP contribution in [0, 0.1) is 39.9 Å². The number of aliphatic hydroxyl groups is 1. The van der Waals surface area contributed by atoms with E-state index in [2.05, 4.69) is 51.0 Å². The molecule has 1 aliphatic heterocycles. The Morgan fingerprint density at radius 2 is 1.72 bits per heavy atom. The number of amides is 1. The lowest BCUT2D eigenvalue weighted by Gasteiger charge is -2.50. The molecule has 1 saturated heterocycles. The quantitative estimate of drug-likeness (QED) is 0.215. The second-order valence-electron chi connectivity index (χ2n) is 16.4. The largest absolute Gasteiger partial charge is 0.468 e. The average molecular weight is 684 g/mol. The number of methoxy groups -OCH3 is 1. The van der Waals surface area contributed by atoms with Crippen LogP contribution in [0.25, 0.3) is 0 Å². The molecular formula is C38H73N3O5S. The predicted octanol–water partition coefficient (Wildman–Crippen LogP) is 6.69. The number of Topliss-reactive ketones (excluding diaryl/α,β-unsaturated/α-hetero) is 1. The first-order valence-corrected chi connectivity index (χ1v) is 18.7. The Labute approximate surface area is 293 Å². The van der Waals surface area contributed by atoms with Gasteiger partial charge in [0.1, 0.15) is 5.78 Å². The van der Waals surface area contributed by atoms with Gasteiger partial charge in [-0.2, -0.15) is 0 Å². The Morgan fingerprint density at radius 3 is 2.13 bits per heavy atom. The summed E-state index contributed by atoms with van der Waals surface area (Å²) in [4.78, 5) is 37.8. The minimum absolute atomic E-state index is 0.00463. The molecule has 47 heavy (non-hydrogen) atoms. The zero-order valence-electron chi connectivity index (χ0n) is 32.7. The first kappa shape index (κ1) is 45.6. The SMILES string of the molecule is C=CC(C)(C)[C@@H](O)C(C)C.CC(C)[C@@H](N)C(=O)N(C)C.COC(=O)CS[C@H]1CCCN(C)C1.C[C@@H]1CC[C@@]2(C)CCC(=O)[C@H]2C1(C)C. The van der Waals surface area contributed by atoms with Crippen LogP contribution in [0.3, 0.4) is 0 Å². The summed E-state index contributed by atoms with van der Waals surface area (Å²) in [6, 6.07) is -0.352. The van der Waals surface area contributed by atoms with Gasteiger partial charge in [0.25, 0.3) is 0 Å². The molecule has 3 fully saturated rings. The van der Waals surface area contributed by atoms with E-state index in [4.69, 9.17) is 5.73 Å². The first-order chi connectivity index (χ1) is 21.5. The van der Waals surface area contributed by atoms with Gasteiger partial charge in [0.2, 0.25) is 5.91 Å². The van der Waals surface area contributed by atoms with Crippen molar-refractivity contribution >= 4 is 29.4 Å². The minimum Gasteiger partial charge on any atom is -0.468 e. The number of rotatable bonds is 8. The molecule has 276 valence electrons. The van der Waals surface area contributed by atoms with Crippen LogP contribution < -0.4 is 5.73 Å². The summed E-state index contributed by atoms with van der Waals surface area (Å²) in [6.45, 7) is 27.1. The van der Waals surface area contributed by atoms with E-state index in [-0.39, 0.29) is 40.8 Å². The molecule has 9 heteroatoms. The summed E-state index contributed by atoms with van der Waals surface area (Å²) in [5, 5.41) is 10.2. The fraction of sp³-hybridized carbons (Fsp3) is 0.868. The lowest BCUT2D eigenvalue weighted by Crippen LogP contribution is -2.46. The number of piperidine rings is 1. The van der Waals surface area contributed by atoms with Crippen molar-refractivity contribution in [3.63, 3.8) is 0 Å². The van der Waals surface area contributed by atoms with Gasteiger partial charge >= 0.3 is 5.97 Å². The van der Waals surface area contributed by atoms with Crippen molar-refractivity contribution in [1.29, 1.82) is 0 Å². The van der Waals surface area contributed by atoms with Gasteiger partial charge in [-0.1, -0.05) is 75.3 Å². The summed E-state index contributed by atoms with van der Waals surface area (Å²) in [6.07, 6.45) is 8.51. The van der Waals surface area contributed by atoms with E-state index < -0.39 is 0 Å². The van der Waals surface area contributed by atoms with Crippen molar-refractivity contribution in [3.8, 4) is 0 Å². The number of ketones is 1. The number of hydrogen-bond acceptors (Lipinski definition) is 8. The molecule has 3 aliphatic rings. The van der Waals surface area contributed by atoms with E-state index >= 15 is 0 Å². The number of nitrogens with zero attached hydrogens (tertiary/aromatic N) is 2. The maximum absolute atomic E-state index is 12.0. The zero-order valence-corrected chi connectivity index (χ0v) is 33.5. The third kappa shape index (κ3) is 14.5. The van der Waals surface area contributed by atoms with E-state index in [9.17, 15) is 19.5 Å². The van der Waals surface area contributed by atoms with Crippen molar-refractivity contribution in [2.24, 2.45) is 45.7 Å². The van der Waals surface area contributed by atoms with Crippen molar-refractivity contribution in [2.75, 3.05) is 47.1 Å². The molecule has 3 rings (SSSR count). The van der Waals surface area contributed by atoms with E-state index in [1.807, 2.05) is 41.5 Å². The third-order valence-corrected chi connectivity index (χ3v) is 12.0. The highest BCUT2D eigenvalue weighted by Crippen LogP contribution is 2.59. The van der Waals surface area contributed by atoms with Crippen LogP contribution in [-0.4, -0.2) is 97.1 Å². The maximum Gasteiger partial charge on any atom is 0.315 e. The van der Waals surface area contributed by atoms with E-state index in [0.717, 1.165) is 19.4 Å². The Morgan fingerprint density at radius 1 is 1.15 bits per heavy atom. The van der Waals surface area contributed by atoms with E-state index in [0.29, 0.717) is 40.0 Å². The molecule has 0 aromatic rings. The van der Waals surface area contributed by atoms with Crippen LogP contribution in [0.4, 0.5) is 0 Å². The molecule has 0 radical (unpaired) electrons. The van der Waals surface area contributed by atoms with Gasteiger partial charge < -0.3 is 25.4 Å². The molecule has 0 aromatic carbocycles. The van der Waals surface area contributed by atoms with Crippen LogP contribution in [0.5, 0.6) is 0 Å². The molecule has 2 saturated carbocycles. The second-order valence-corrected chi connectivity index (χ2v) is 17.7. The van der Waals surface area contributed by atoms with Crippen LogP contribution in [0.1, 0.15) is 108 Å².